The molecule has 0 spiro atoms. The number of likely N-dealkylation sites (tertiary alicyclic amines) is 2. The smallest absolute Gasteiger partial charge is 0.240 e. The number of rotatable bonds is 1. The molecular weight excluding hydrogens is 171 g/mol. The van der Waals surface area contributed by atoms with Crippen molar-refractivity contribution in [1.29, 1.82) is 0 Å². The zero-order valence-corrected chi connectivity index (χ0v) is 7.87. The highest BCUT2D eigenvalue weighted by molar-refractivity contribution is 5.82. The summed E-state index contributed by atoms with van der Waals surface area (Å²) in [6.07, 6.45) is 0.660. The van der Waals surface area contributed by atoms with Gasteiger partial charge in [0.2, 0.25) is 5.91 Å². The Hall–Kier alpha value is -0.640. The molecule has 3 nitrogen and oxygen atoms in total. The van der Waals surface area contributed by atoms with Gasteiger partial charge in [-0.05, 0) is 13.5 Å². The van der Waals surface area contributed by atoms with Crippen LogP contribution in [0, 0.1) is 0 Å². The van der Waals surface area contributed by atoms with Crippen molar-refractivity contribution in [2.24, 2.45) is 0 Å². The molecule has 0 N–H and O–H groups in total. The van der Waals surface area contributed by atoms with Crippen molar-refractivity contribution >= 4 is 5.91 Å². The first-order valence-corrected chi connectivity index (χ1v) is 4.81. The molecule has 1 amide bonds. The zero-order chi connectivity index (χ0) is 9.42. The van der Waals surface area contributed by atoms with E-state index in [1.165, 1.54) is 0 Å². The molecule has 0 saturated carbocycles. The van der Waals surface area contributed by atoms with Crippen LogP contribution in [0.5, 0.6) is 0 Å². The van der Waals surface area contributed by atoms with Gasteiger partial charge in [0.25, 0.3) is 0 Å². The molecule has 2 rings (SSSR count). The highest BCUT2D eigenvalue weighted by Crippen LogP contribution is 2.22. The minimum absolute atomic E-state index is 0.119. The lowest BCUT2D eigenvalue weighted by Gasteiger charge is -2.34. The lowest BCUT2D eigenvalue weighted by molar-refractivity contribution is -0.139. The van der Waals surface area contributed by atoms with Gasteiger partial charge in [0, 0.05) is 26.1 Å². The van der Waals surface area contributed by atoms with Crippen LogP contribution in [0.4, 0.5) is 4.39 Å². The maximum absolute atomic E-state index is 13.0. The molecule has 2 saturated heterocycles. The largest absolute Gasteiger partial charge is 0.341 e. The van der Waals surface area contributed by atoms with E-state index < -0.39 is 6.17 Å². The van der Waals surface area contributed by atoms with E-state index in [1.54, 1.807) is 0 Å². The lowest BCUT2D eigenvalue weighted by Crippen LogP contribution is -2.50. The van der Waals surface area contributed by atoms with Crippen LogP contribution in [0.25, 0.3) is 0 Å². The van der Waals surface area contributed by atoms with Crippen molar-refractivity contribution in [2.75, 3.05) is 26.7 Å². The topological polar surface area (TPSA) is 23.6 Å². The second kappa shape index (κ2) is 3.25. The third-order valence-corrected chi connectivity index (χ3v) is 2.95. The Bertz CT molecular complexity index is 218. The van der Waals surface area contributed by atoms with Crippen molar-refractivity contribution < 1.29 is 9.18 Å². The van der Waals surface area contributed by atoms with Crippen LogP contribution in [0.2, 0.25) is 0 Å². The summed E-state index contributed by atoms with van der Waals surface area (Å²) in [7, 11) is 1.82. The normalized spacial score (nSPS) is 34.8. The third kappa shape index (κ3) is 1.55. The molecule has 0 radical (unpaired) electrons. The average Bonchev–Trinajstić information content (AvgIpc) is 2.26. The summed E-state index contributed by atoms with van der Waals surface area (Å²) in [6, 6.07) is -0.199. The van der Waals surface area contributed by atoms with E-state index in [4.69, 9.17) is 0 Å². The second-order valence-corrected chi connectivity index (χ2v) is 3.97. The fourth-order valence-electron chi connectivity index (χ4n) is 1.97. The van der Waals surface area contributed by atoms with E-state index in [0.717, 1.165) is 19.5 Å². The molecule has 74 valence electrons. The average molecular weight is 186 g/mol. The molecule has 4 heteroatoms. The Balaban J connectivity index is 1.95. The molecular formula is C9H15FN2O. The van der Waals surface area contributed by atoms with Crippen LogP contribution in [0.15, 0.2) is 0 Å². The maximum atomic E-state index is 13.0. The Morgan fingerprint density at radius 2 is 2.15 bits per heavy atom. The Kier molecular flexibility index (Phi) is 2.24. The van der Waals surface area contributed by atoms with Crippen LogP contribution in [-0.2, 0) is 4.79 Å². The van der Waals surface area contributed by atoms with Crippen molar-refractivity contribution in [3.63, 3.8) is 0 Å². The molecule has 0 aromatic carbocycles. The molecule has 2 aliphatic rings. The molecule has 1 unspecified atom stereocenters. The van der Waals surface area contributed by atoms with Crippen molar-refractivity contribution in [3.05, 3.63) is 0 Å². The third-order valence-electron chi connectivity index (χ3n) is 2.95. The van der Waals surface area contributed by atoms with Crippen molar-refractivity contribution in [1.82, 2.24) is 9.80 Å². The summed E-state index contributed by atoms with van der Waals surface area (Å²) in [5.74, 6) is 0.119. The van der Waals surface area contributed by atoms with Gasteiger partial charge in [0.05, 0.1) is 6.04 Å². The number of nitrogens with zero attached hydrogens (tertiary/aromatic N) is 2. The van der Waals surface area contributed by atoms with Gasteiger partial charge >= 0.3 is 0 Å². The van der Waals surface area contributed by atoms with E-state index >= 15 is 0 Å². The highest BCUT2D eigenvalue weighted by atomic mass is 19.1. The quantitative estimate of drug-likeness (QED) is 0.586. The van der Waals surface area contributed by atoms with Crippen LogP contribution < -0.4 is 0 Å². The number of alkyl halides is 1. The Morgan fingerprint density at radius 1 is 1.46 bits per heavy atom. The minimum Gasteiger partial charge on any atom is -0.341 e. The first-order chi connectivity index (χ1) is 6.18. The van der Waals surface area contributed by atoms with E-state index in [-0.39, 0.29) is 11.9 Å². The van der Waals surface area contributed by atoms with E-state index in [1.807, 2.05) is 16.8 Å². The molecule has 0 aromatic rings. The van der Waals surface area contributed by atoms with Gasteiger partial charge in [-0.3, -0.25) is 9.69 Å². The SMILES string of the molecule is CN1C[C@H](F)CC1C(=O)N1CCC1. The van der Waals surface area contributed by atoms with Crippen LogP contribution in [-0.4, -0.2) is 54.6 Å². The number of likely N-dealkylation sites (N-methyl/N-ethyl adjacent to an activating group) is 1. The molecule has 2 aliphatic heterocycles. The molecule has 2 fully saturated rings. The highest BCUT2D eigenvalue weighted by Gasteiger charge is 2.37. The fourth-order valence-corrected chi connectivity index (χ4v) is 1.97. The summed E-state index contributed by atoms with van der Waals surface area (Å²) in [5, 5.41) is 0. The molecule has 2 heterocycles. The maximum Gasteiger partial charge on any atom is 0.240 e. The zero-order valence-electron chi connectivity index (χ0n) is 7.87. The summed E-state index contributed by atoms with van der Waals surface area (Å²) in [4.78, 5) is 15.3. The fraction of sp³-hybridized carbons (Fsp3) is 0.889. The number of halogens is 1. The summed E-state index contributed by atoms with van der Waals surface area (Å²) < 4.78 is 13.0. The van der Waals surface area contributed by atoms with Crippen LogP contribution >= 0.6 is 0 Å². The monoisotopic (exact) mass is 186 g/mol. The summed E-state index contributed by atoms with van der Waals surface area (Å²) in [5.41, 5.74) is 0. The van der Waals surface area contributed by atoms with Gasteiger partial charge in [-0.2, -0.15) is 0 Å². The molecule has 0 bridgehead atoms. The van der Waals surface area contributed by atoms with Crippen LogP contribution in [0.1, 0.15) is 12.8 Å². The number of hydrogen-bond donors (Lipinski definition) is 0. The van der Waals surface area contributed by atoms with Gasteiger partial charge in [0.1, 0.15) is 6.17 Å². The summed E-state index contributed by atoms with van der Waals surface area (Å²) >= 11 is 0. The number of carbonyl (C=O) groups is 1. The van der Waals surface area contributed by atoms with E-state index in [2.05, 4.69) is 0 Å². The summed E-state index contributed by atoms with van der Waals surface area (Å²) in [6.45, 7) is 2.13. The van der Waals surface area contributed by atoms with Gasteiger partial charge < -0.3 is 4.90 Å². The number of carbonyl (C=O) groups excluding carboxylic acids is 1. The second-order valence-electron chi connectivity index (χ2n) is 3.97. The van der Waals surface area contributed by atoms with Crippen molar-refractivity contribution in [3.8, 4) is 0 Å². The van der Waals surface area contributed by atoms with Crippen LogP contribution in [0.3, 0.4) is 0 Å². The molecule has 0 aromatic heterocycles. The van der Waals surface area contributed by atoms with Crippen molar-refractivity contribution in [2.45, 2.75) is 25.1 Å². The van der Waals surface area contributed by atoms with Gasteiger partial charge in [-0.1, -0.05) is 0 Å². The number of hydrogen-bond acceptors (Lipinski definition) is 2. The molecule has 0 aliphatic carbocycles. The van der Waals surface area contributed by atoms with Gasteiger partial charge in [-0.15, -0.1) is 0 Å². The minimum atomic E-state index is -0.819. The van der Waals surface area contributed by atoms with E-state index in [0.29, 0.717) is 13.0 Å². The predicted molar refractivity (Wildman–Crippen MR) is 47.1 cm³/mol. The number of amides is 1. The van der Waals surface area contributed by atoms with Gasteiger partial charge in [-0.25, -0.2) is 4.39 Å². The molecule has 2 atom stereocenters. The lowest BCUT2D eigenvalue weighted by atomic mass is 10.1. The molecule has 13 heavy (non-hydrogen) atoms. The first-order valence-electron chi connectivity index (χ1n) is 4.81. The Labute approximate surface area is 77.5 Å². The van der Waals surface area contributed by atoms with E-state index in [9.17, 15) is 9.18 Å². The standard InChI is InChI=1S/C9H15FN2O/c1-11-6-7(10)5-8(11)9(13)12-3-2-4-12/h7-8H,2-6H2,1H3/t7-,8?/m1/s1. The Morgan fingerprint density at radius 3 is 2.54 bits per heavy atom. The predicted octanol–water partition coefficient (Wildman–Crippen LogP) is 0.261. The first kappa shape index (κ1) is 8.94. The van der Waals surface area contributed by atoms with Gasteiger partial charge in [0.15, 0.2) is 0 Å².